The second kappa shape index (κ2) is 5.74. The second-order valence-electron chi connectivity index (χ2n) is 4.93. The first kappa shape index (κ1) is 12.7. The fourth-order valence-corrected chi connectivity index (χ4v) is 4.80. The molecule has 0 aromatic rings. The quantitative estimate of drug-likeness (QED) is 0.784. The van der Waals surface area contributed by atoms with Gasteiger partial charge in [0, 0.05) is 18.3 Å². The third-order valence-electron chi connectivity index (χ3n) is 3.19. The molecule has 1 heterocycles. The average molecular weight is 263 g/mol. The SMILES string of the molecule is O=S(=O)(CCNC1CCCSC1)CC1CC1. The van der Waals surface area contributed by atoms with Gasteiger partial charge in [0.2, 0.25) is 0 Å². The lowest BCUT2D eigenvalue weighted by atomic mass is 10.2. The van der Waals surface area contributed by atoms with Crippen LogP contribution in [0.2, 0.25) is 0 Å². The molecule has 2 fully saturated rings. The third kappa shape index (κ3) is 4.63. The van der Waals surface area contributed by atoms with E-state index in [-0.39, 0.29) is 0 Å². The van der Waals surface area contributed by atoms with Crippen LogP contribution in [0.4, 0.5) is 0 Å². The van der Waals surface area contributed by atoms with E-state index in [1.807, 2.05) is 11.8 Å². The van der Waals surface area contributed by atoms with E-state index in [9.17, 15) is 8.42 Å². The minimum absolute atomic E-state index is 0.324. The Labute approximate surface area is 103 Å². The van der Waals surface area contributed by atoms with Crippen LogP contribution in [-0.2, 0) is 9.84 Å². The summed E-state index contributed by atoms with van der Waals surface area (Å²) >= 11 is 1.97. The summed E-state index contributed by atoms with van der Waals surface area (Å²) in [6.07, 6.45) is 4.70. The van der Waals surface area contributed by atoms with Crippen molar-refractivity contribution in [3.8, 4) is 0 Å². The van der Waals surface area contributed by atoms with Gasteiger partial charge in [0.25, 0.3) is 0 Å². The Kier molecular flexibility index (Phi) is 4.56. The van der Waals surface area contributed by atoms with Crippen molar-refractivity contribution in [2.75, 3.05) is 29.6 Å². The lowest BCUT2D eigenvalue weighted by Gasteiger charge is -2.22. The molecule has 2 aliphatic rings. The van der Waals surface area contributed by atoms with E-state index < -0.39 is 9.84 Å². The molecule has 0 aromatic carbocycles. The molecule has 1 saturated heterocycles. The van der Waals surface area contributed by atoms with E-state index in [2.05, 4.69) is 5.32 Å². The summed E-state index contributed by atoms with van der Waals surface area (Å²) in [5, 5.41) is 3.37. The molecular formula is C11H21NO2S2. The van der Waals surface area contributed by atoms with E-state index in [4.69, 9.17) is 0 Å². The van der Waals surface area contributed by atoms with Crippen molar-refractivity contribution in [3.05, 3.63) is 0 Å². The maximum atomic E-state index is 11.7. The van der Waals surface area contributed by atoms with Crippen LogP contribution in [0, 0.1) is 5.92 Å². The molecule has 5 heteroatoms. The van der Waals surface area contributed by atoms with Crippen LogP contribution in [0.15, 0.2) is 0 Å². The van der Waals surface area contributed by atoms with Crippen molar-refractivity contribution >= 4 is 21.6 Å². The molecule has 0 amide bonds. The Bertz CT molecular complexity index is 306. The number of hydrogen-bond acceptors (Lipinski definition) is 4. The van der Waals surface area contributed by atoms with E-state index in [0.717, 1.165) is 18.6 Å². The number of sulfone groups is 1. The maximum absolute atomic E-state index is 11.7. The molecule has 1 unspecified atom stereocenters. The van der Waals surface area contributed by atoms with Gasteiger partial charge in [0.1, 0.15) is 0 Å². The van der Waals surface area contributed by atoms with Crippen LogP contribution in [0.5, 0.6) is 0 Å². The van der Waals surface area contributed by atoms with Crippen molar-refractivity contribution in [2.45, 2.75) is 31.7 Å². The van der Waals surface area contributed by atoms with Crippen molar-refractivity contribution in [3.63, 3.8) is 0 Å². The van der Waals surface area contributed by atoms with E-state index >= 15 is 0 Å². The van der Waals surface area contributed by atoms with Crippen LogP contribution >= 0.6 is 11.8 Å². The van der Waals surface area contributed by atoms with Crippen molar-refractivity contribution < 1.29 is 8.42 Å². The molecule has 1 aliphatic heterocycles. The Hall–Kier alpha value is 0.260. The zero-order valence-corrected chi connectivity index (χ0v) is 11.3. The Morgan fingerprint density at radius 1 is 1.25 bits per heavy atom. The first-order chi connectivity index (χ1) is 7.66. The van der Waals surface area contributed by atoms with E-state index in [1.165, 1.54) is 18.6 Å². The maximum Gasteiger partial charge on any atom is 0.151 e. The van der Waals surface area contributed by atoms with Crippen LogP contribution in [0.25, 0.3) is 0 Å². The molecule has 0 aromatic heterocycles. The van der Waals surface area contributed by atoms with Crippen molar-refractivity contribution in [1.82, 2.24) is 5.32 Å². The standard InChI is InChI=1S/C11H21NO2S2/c13-16(14,9-10-3-4-10)7-5-12-11-2-1-6-15-8-11/h10-12H,1-9H2. The Morgan fingerprint density at radius 2 is 2.06 bits per heavy atom. The zero-order valence-electron chi connectivity index (χ0n) is 9.65. The number of rotatable bonds is 6. The van der Waals surface area contributed by atoms with Gasteiger partial charge in [0.05, 0.1) is 11.5 Å². The topological polar surface area (TPSA) is 46.2 Å². The van der Waals surface area contributed by atoms with Crippen molar-refractivity contribution in [1.29, 1.82) is 0 Å². The molecule has 0 radical (unpaired) electrons. The van der Waals surface area contributed by atoms with E-state index in [0.29, 0.717) is 30.0 Å². The summed E-state index contributed by atoms with van der Waals surface area (Å²) in [7, 11) is -2.79. The molecule has 94 valence electrons. The lowest BCUT2D eigenvalue weighted by molar-refractivity contribution is 0.519. The number of nitrogens with one attached hydrogen (secondary N) is 1. The van der Waals surface area contributed by atoms with Crippen LogP contribution in [0.1, 0.15) is 25.7 Å². The molecule has 0 spiro atoms. The van der Waals surface area contributed by atoms with Gasteiger partial charge in [-0.3, -0.25) is 0 Å². The Balaban J connectivity index is 1.62. The second-order valence-corrected chi connectivity index (χ2v) is 8.30. The molecule has 1 N–H and O–H groups in total. The third-order valence-corrected chi connectivity index (χ3v) is 6.21. The van der Waals surface area contributed by atoms with Gasteiger partial charge in [-0.15, -0.1) is 0 Å². The smallest absolute Gasteiger partial charge is 0.151 e. The van der Waals surface area contributed by atoms with E-state index in [1.54, 1.807) is 0 Å². The number of thioether (sulfide) groups is 1. The van der Waals surface area contributed by atoms with Crippen LogP contribution < -0.4 is 5.32 Å². The summed E-state index contributed by atoms with van der Waals surface area (Å²) in [6.45, 7) is 0.639. The van der Waals surface area contributed by atoms with Gasteiger partial charge in [-0.1, -0.05) is 0 Å². The highest BCUT2D eigenvalue weighted by molar-refractivity contribution is 7.99. The fraction of sp³-hybridized carbons (Fsp3) is 1.00. The average Bonchev–Trinajstić information content (AvgIpc) is 3.02. The van der Waals surface area contributed by atoms with Crippen LogP contribution in [-0.4, -0.2) is 44.0 Å². The minimum atomic E-state index is -2.79. The molecule has 3 nitrogen and oxygen atoms in total. The van der Waals surface area contributed by atoms with Gasteiger partial charge in [0.15, 0.2) is 9.84 Å². The largest absolute Gasteiger partial charge is 0.312 e. The van der Waals surface area contributed by atoms with Gasteiger partial charge in [-0.25, -0.2) is 8.42 Å². The van der Waals surface area contributed by atoms with Gasteiger partial charge < -0.3 is 5.32 Å². The monoisotopic (exact) mass is 263 g/mol. The summed E-state index contributed by atoms with van der Waals surface area (Å²) in [6, 6.07) is 0.537. The van der Waals surface area contributed by atoms with Gasteiger partial charge >= 0.3 is 0 Å². The molecular weight excluding hydrogens is 242 g/mol. The van der Waals surface area contributed by atoms with Crippen molar-refractivity contribution in [2.24, 2.45) is 5.92 Å². The zero-order chi connectivity index (χ0) is 11.4. The molecule has 1 atom stereocenters. The Morgan fingerprint density at radius 3 is 2.69 bits per heavy atom. The molecule has 16 heavy (non-hydrogen) atoms. The molecule has 0 bridgehead atoms. The molecule has 2 rings (SSSR count). The predicted octanol–water partition coefficient (Wildman–Crippen LogP) is 1.30. The lowest BCUT2D eigenvalue weighted by Crippen LogP contribution is -2.37. The molecule has 1 saturated carbocycles. The normalized spacial score (nSPS) is 26.9. The highest BCUT2D eigenvalue weighted by Gasteiger charge is 2.27. The van der Waals surface area contributed by atoms with Gasteiger partial charge in [-0.05, 0) is 37.4 Å². The summed E-state index contributed by atoms with van der Waals surface area (Å²) < 4.78 is 23.4. The highest BCUT2D eigenvalue weighted by Crippen LogP contribution is 2.30. The first-order valence-corrected chi connectivity index (χ1v) is 9.15. The minimum Gasteiger partial charge on any atom is -0.312 e. The van der Waals surface area contributed by atoms with Crippen LogP contribution in [0.3, 0.4) is 0 Å². The highest BCUT2D eigenvalue weighted by atomic mass is 32.2. The predicted molar refractivity (Wildman–Crippen MR) is 69.7 cm³/mol. The molecule has 1 aliphatic carbocycles. The first-order valence-electron chi connectivity index (χ1n) is 6.17. The summed E-state index contributed by atoms with van der Waals surface area (Å²) in [4.78, 5) is 0. The number of hydrogen-bond donors (Lipinski definition) is 1. The fourth-order valence-electron chi connectivity index (χ4n) is 2.05. The van der Waals surface area contributed by atoms with Gasteiger partial charge in [-0.2, -0.15) is 11.8 Å². The summed E-state index contributed by atoms with van der Waals surface area (Å²) in [5.41, 5.74) is 0. The summed E-state index contributed by atoms with van der Waals surface area (Å²) in [5.74, 6) is 3.63.